The molecule has 0 unspecified atom stereocenters. The third-order valence-electron chi connectivity index (χ3n) is 1.19. The molecule has 12 heavy (non-hydrogen) atoms. The van der Waals surface area contributed by atoms with Gasteiger partial charge in [0.15, 0.2) is 0 Å². The van der Waals surface area contributed by atoms with Crippen molar-refractivity contribution in [1.29, 1.82) is 0 Å². The molecule has 0 bridgehead atoms. The van der Waals surface area contributed by atoms with Gasteiger partial charge in [-0.2, -0.15) is 0 Å². The fourth-order valence-corrected chi connectivity index (χ4v) is 0.702. The molecule has 0 aromatic carbocycles. The highest BCUT2D eigenvalue weighted by Gasteiger charge is 2.23. The highest BCUT2D eigenvalue weighted by Crippen LogP contribution is 2.00. The minimum absolute atomic E-state index is 0.0275. The van der Waals surface area contributed by atoms with Crippen molar-refractivity contribution in [3.05, 3.63) is 10.9 Å². The van der Waals surface area contributed by atoms with Gasteiger partial charge < -0.3 is 16.3 Å². The van der Waals surface area contributed by atoms with E-state index in [0.717, 1.165) is 0 Å². The first-order valence-corrected chi connectivity index (χ1v) is 3.30. The average molecular weight is 172 g/mol. The van der Waals surface area contributed by atoms with Gasteiger partial charge in [0.25, 0.3) is 0 Å². The number of anilines is 1. The second-order valence-electron chi connectivity index (χ2n) is 2.02. The summed E-state index contributed by atoms with van der Waals surface area (Å²) < 4.78 is 4.09. The van der Waals surface area contributed by atoms with Crippen LogP contribution in [0.3, 0.4) is 0 Å². The lowest BCUT2D eigenvalue weighted by atomic mass is 10.4. The maximum absolute atomic E-state index is 11.0. The average Bonchev–Trinajstić information content (AvgIpc) is 2.32. The van der Waals surface area contributed by atoms with E-state index in [2.05, 4.69) is 15.1 Å². The SMILES string of the molecule is CCNC(=O)c1c(N)no[n+]1[O-]. The molecule has 0 fully saturated rings. The summed E-state index contributed by atoms with van der Waals surface area (Å²) in [6.45, 7) is 2.13. The number of carbonyl (C=O) groups is 1. The van der Waals surface area contributed by atoms with Gasteiger partial charge in [-0.25, -0.2) is 0 Å². The first-order valence-electron chi connectivity index (χ1n) is 3.30. The van der Waals surface area contributed by atoms with Gasteiger partial charge in [-0.05, 0) is 11.8 Å². The Morgan fingerprint density at radius 3 is 3.00 bits per heavy atom. The molecule has 0 saturated carbocycles. The van der Waals surface area contributed by atoms with Gasteiger partial charge in [-0.3, -0.25) is 9.42 Å². The Hall–Kier alpha value is -1.79. The highest BCUT2D eigenvalue weighted by molar-refractivity contribution is 5.94. The highest BCUT2D eigenvalue weighted by atomic mass is 16.8. The zero-order valence-electron chi connectivity index (χ0n) is 6.40. The number of hydrogen-bond donors (Lipinski definition) is 2. The Kier molecular flexibility index (Phi) is 2.13. The third-order valence-corrected chi connectivity index (χ3v) is 1.19. The van der Waals surface area contributed by atoms with Crippen molar-refractivity contribution in [1.82, 2.24) is 10.5 Å². The van der Waals surface area contributed by atoms with Crippen LogP contribution in [0.5, 0.6) is 0 Å². The van der Waals surface area contributed by atoms with E-state index in [1.807, 2.05) is 0 Å². The number of hydrogen-bond acceptors (Lipinski definition) is 5. The van der Waals surface area contributed by atoms with Gasteiger partial charge in [0.1, 0.15) is 0 Å². The second-order valence-corrected chi connectivity index (χ2v) is 2.02. The van der Waals surface area contributed by atoms with Crippen LogP contribution in [0.4, 0.5) is 5.82 Å². The lowest BCUT2D eigenvalue weighted by molar-refractivity contribution is -0.803. The van der Waals surface area contributed by atoms with E-state index in [4.69, 9.17) is 5.73 Å². The fraction of sp³-hybridized carbons (Fsp3) is 0.400. The quantitative estimate of drug-likeness (QED) is 0.535. The standard InChI is InChI=1S/C5H8N4O3/c1-2-7-5(10)3-4(6)8-12-9(3)11/h2H2,1H3,(H2,6,8)(H,7,10). The van der Waals surface area contributed by atoms with Crippen molar-refractivity contribution in [2.45, 2.75) is 6.92 Å². The zero-order chi connectivity index (χ0) is 9.14. The number of rotatable bonds is 2. The molecular weight excluding hydrogens is 164 g/mol. The summed E-state index contributed by atoms with van der Waals surface area (Å²) in [4.78, 5) is 11.0. The Morgan fingerprint density at radius 2 is 2.58 bits per heavy atom. The summed E-state index contributed by atoms with van der Waals surface area (Å²) in [5.74, 6) is -0.804. The van der Waals surface area contributed by atoms with E-state index in [1.54, 1.807) is 6.92 Å². The molecule has 0 atom stereocenters. The molecule has 0 spiro atoms. The number of aromatic nitrogens is 2. The molecule has 0 saturated heterocycles. The maximum Gasteiger partial charge on any atom is 0.318 e. The van der Waals surface area contributed by atoms with E-state index in [0.29, 0.717) is 6.54 Å². The minimum Gasteiger partial charge on any atom is -0.359 e. The number of nitrogens with two attached hydrogens (primary N) is 1. The Balaban J connectivity index is 2.93. The van der Waals surface area contributed by atoms with Crippen molar-refractivity contribution in [3.8, 4) is 0 Å². The van der Waals surface area contributed by atoms with Crippen molar-refractivity contribution in [3.63, 3.8) is 0 Å². The molecule has 0 aliphatic rings. The van der Waals surface area contributed by atoms with Crippen LogP contribution < -0.4 is 16.0 Å². The summed E-state index contributed by atoms with van der Waals surface area (Å²) in [6, 6.07) is 0. The zero-order valence-corrected chi connectivity index (χ0v) is 6.40. The maximum atomic E-state index is 11.0. The van der Waals surface area contributed by atoms with E-state index >= 15 is 0 Å². The van der Waals surface area contributed by atoms with Gasteiger partial charge in [0.2, 0.25) is 0 Å². The van der Waals surface area contributed by atoms with Gasteiger partial charge >= 0.3 is 17.4 Å². The molecule has 1 heterocycles. The number of carbonyl (C=O) groups excluding carboxylic acids is 1. The van der Waals surface area contributed by atoms with Crippen LogP contribution in [0.2, 0.25) is 0 Å². The normalized spacial score (nSPS) is 9.75. The molecule has 1 aromatic rings. The fourth-order valence-electron chi connectivity index (χ4n) is 0.702. The van der Waals surface area contributed by atoms with Crippen LogP contribution >= 0.6 is 0 Å². The monoisotopic (exact) mass is 172 g/mol. The Labute approximate surface area is 67.7 Å². The topological polar surface area (TPSA) is 108 Å². The molecule has 0 radical (unpaired) electrons. The molecule has 66 valence electrons. The summed E-state index contributed by atoms with van der Waals surface area (Å²) in [5, 5.41) is 16.2. The lowest BCUT2D eigenvalue weighted by Crippen LogP contribution is -2.37. The van der Waals surface area contributed by atoms with Gasteiger partial charge in [0.05, 0.1) is 5.16 Å². The molecule has 7 heteroatoms. The Morgan fingerprint density at radius 1 is 1.92 bits per heavy atom. The second kappa shape index (κ2) is 3.07. The van der Waals surface area contributed by atoms with Crippen LogP contribution in [0, 0.1) is 5.21 Å². The van der Waals surface area contributed by atoms with Gasteiger partial charge in [-0.1, -0.05) is 0 Å². The number of nitrogens with zero attached hydrogens (tertiary/aromatic N) is 2. The van der Waals surface area contributed by atoms with Gasteiger partial charge in [-0.15, -0.1) is 0 Å². The number of amides is 1. The molecule has 3 N–H and O–H groups in total. The molecule has 1 rings (SSSR count). The molecule has 0 aliphatic carbocycles. The van der Waals surface area contributed by atoms with Crippen molar-refractivity contribution in [2.24, 2.45) is 0 Å². The van der Waals surface area contributed by atoms with Crippen LogP contribution in [0.25, 0.3) is 0 Å². The van der Waals surface area contributed by atoms with Crippen molar-refractivity contribution < 1.29 is 14.3 Å². The summed E-state index contributed by atoms with van der Waals surface area (Å²) in [5.41, 5.74) is 4.88. The molecular formula is C5H8N4O3. The first-order chi connectivity index (χ1) is 5.66. The van der Waals surface area contributed by atoms with Crippen molar-refractivity contribution in [2.75, 3.05) is 12.3 Å². The predicted octanol–water partition coefficient (Wildman–Crippen LogP) is -1.36. The lowest BCUT2D eigenvalue weighted by Gasteiger charge is -1.96. The predicted molar refractivity (Wildman–Crippen MR) is 37.9 cm³/mol. The largest absolute Gasteiger partial charge is 0.359 e. The minimum atomic E-state index is -0.591. The van der Waals surface area contributed by atoms with Crippen LogP contribution in [0.1, 0.15) is 17.4 Å². The van der Waals surface area contributed by atoms with E-state index in [1.165, 1.54) is 0 Å². The molecule has 1 aromatic heterocycles. The van der Waals surface area contributed by atoms with Crippen LogP contribution in [0.15, 0.2) is 4.63 Å². The van der Waals surface area contributed by atoms with Gasteiger partial charge in [0, 0.05) is 6.54 Å². The first kappa shape index (κ1) is 8.31. The smallest absolute Gasteiger partial charge is 0.318 e. The van der Waals surface area contributed by atoms with E-state index in [9.17, 15) is 10.0 Å². The summed E-state index contributed by atoms with van der Waals surface area (Å²) >= 11 is 0. The molecule has 1 amide bonds. The van der Waals surface area contributed by atoms with Crippen LogP contribution in [-0.2, 0) is 0 Å². The number of nitrogen functional groups attached to an aromatic ring is 1. The van der Waals surface area contributed by atoms with E-state index < -0.39 is 5.91 Å². The number of nitrogens with one attached hydrogen (secondary N) is 1. The van der Waals surface area contributed by atoms with E-state index in [-0.39, 0.29) is 16.4 Å². The molecule has 7 nitrogen and oxygen atoms in total. The molecule has 0 aliphatic heterocycles. The van der Waals surface area contributed by atoms with Crippen LogP contribution in [-0.4, -0.2) is 17.6 Å². The van der Waals surface area contributed by atoms with Crippen molar-refractivity contribution >= 4 is 11.7 Å². The Bertz CT molecular complexity index is 275. The summed E-state index contributed by atoms with van der Waals surface area (Å²) in [7, 11) is 0. The summed E-state index contributed by atoms with van der Waals surface area (Å²) in [6.07, 6.45) is 0. The third kappa shape index (κ3) is 1.29.